The van der Waals surface area contributed by atoms with Gasteiger partial charge in [0.15, 0.2) is 5.72 Å². The van der Waals surface area contributed by atoms with E-state index in [4.69, 9.17) is 4.74 Å². The summed E-state index contributed by atoms with van der Waals surface area (Å²) >= 11 is 0. The Bertz CT molecular complexity index is 542. The molecule has 2 bridgehead atoms. The van der Waals surface area contributed by atoms with Crippen molar-refractivity contribution in [2.75, 3.05) is 0 Å². The van der Waals surface area contributed by atoms with E-state index in [-0.39, 0.29) is 5.92 Å². The molecule has 0 radical (unpaired) electrons. The second-order valence-corrected chi connectivity index (χ2v) is 4.99. The van der Waals surface area contributed by atoms with Crippen molar-refractivity contribution < 1.29 is 19.4 Å². The normalized spacial score (nSPS) is 33.1. The SMILES string of the molecule is C[C@]12C[C@@H](c3ccccc3O1)[C@@H](C(=O)O)C(=O)N2. The summed E-state index contributed by atoms with van der Waals surface area (Å²) in [4.78, 5) is 23.2. The predicted molar refractivity (Wildman–Crippen MR) is 62.1 cm³/mol. The summed E-state index contributed by atoms with van der Waals surface area (Å²) in [5.41, 5.74) is -0.000532. The summed E-state index contributed by atoms with van der Waals surface area (Å²) in [6, 6.07) is 7.29. The molecule has 0 aromatic heterocycles. The molecule has 1 aromatic rings. The maximum Gasteiger partial charge on any atom is 0.316 e. The van der Waals surface area contributed by atoms with E-state index >= 15 is 0 Å². The van der Waals surface area contributed by atoms with Crippen LogP contribution in [0.2, 0.25) is 0 Å². The third-order valence-electron chi connectivity index (χ3n) is 3.60. The molecular formula is C13H13NO4. The molecule has 5 nitrogen and oxygen atoms in total. The van der Waals surface area contributed by atoms with Crippen LogP contribution in [0.5, 0.6) is 5.75 Å². The van der Waals surface area contributed by atoms with E-state index in [9.17, 15) is 14.7 Å². The van der Waals surface area contributed by atoms with Crippen LogP contribution >= 0.6 is 0 Å². The summed E-state index contributed by atoms with van der Waals surface area (Å²) in [6.45, 7) is 1.77. The number of fused-ring (bicyclic) bond motifs is 4. The minimum absolute atomic E-state index is 0.328. The smallest absolute Gasteiger partial charge is 0.316 e. The van der Waals surface area contributed by atoms with Crippen LogP contribution < -0.4 is 10.1 Å². The molecule has 2 aliphatic heterocycles. The van der Waals surface area contributed by atoms with Crippen molar-refractivity contribution in [3.63, 3.8) is 0 Å². The fourth-order valence-electron chi connectivity index (χ4n) is 2.87. The summed E-state index contributed by atoms with van der Waals surface area (Å²) in [6.07, 6.45) is 0.479. The van der Waals surface area contributed by atoms with E-state index in [2.05, 4.69) is 5.32 Å². The molecule has 1 amide bonds. The fraction of sp³-hybridized carbons (Fsp3) is 0.385. The number of ether oxygens (including phenoxy) is 1. The van der Waals surface area contributed by atoms with Crippen LogP contribution in [0.4, 0.5) is 0 Å². The van der Waals surface area contributed by atoms with Gasteiger partial charge in [-0.1, -0.05) is 18.2 Å². The average molecular weight is 247 g/mol. The Morgan fingerprint density at radius 1 is 1.50 bits per heavy atom. The number of aliphatic carboxylic acids is 1. The van der Waals surface area contributed by atoms with E-state index < -0.39 is 23.5 Å². The van der Waals surface area contributed by atoms with Crippen molar-refractivity contribution in [2.45, 2.75) is 25.0 Å². The zero-order chi connectivity index (χ0) is 12.9. The van der Waals surface area contributed by atoms with Crippen LogP contribution in [0.25, 0.3) is 0 Å². The Kier molecular flexibility index (Phi) is 2.14. The Morgan fingerprint density at radius 3 is 2.94 bits per heavy atom. The first-order valence-electron chi connectivity index (χ1n) is 5.83. The number of amides is 1. The number of carboxylic acids is 1. The Labute approximate surface area is 104 Å². The Balaban J connectivity index is 2.14. The van der Waals surface area contributed by atoms with Crippen molar-refractivity contribution in [1.29, 1.82) is 0 Å². The highest BCUT2D eigenvalue weighted by atomic mass is 16.5. The molecular weight excluding hydrogens is 234 g/mol. The van der Waals surface area contributed by atoms with Gasteiger partial charge >= 0.3 is 5.97 Å². The monoisotopic (exact) mass is 247 g/mol. The van der Waals surface area contributed by atoms with Gasteiger partial charge in [0.25, 0.3) is 0 Å². The van der Waals surface area contributed by atoms with E-state index in [0.717, 1.165) is 5.56 Å². The van der Waals surface area contributed by atoms with Crippen LogP contribution in [0.1, 0.15) is 24.8 Å². The van der Waals surface area contributed by atoms with Gasteiger partial charge in [-0.2, -0.15) is 0 Å². The van der Waals surface area contributed by atoms with Crippen LogP contribution in [-0.4, -0.2) is 22.7 Å². The van der Waals surface area contributed by atoms with Crippen LogP contribution in [0, 0.1) is 5.92 Å². The highest BCUT2D eigenvalue weighted by molar-refractivity contribution is 5.99. The van der Waals surface area contributed by atoms with Gasteiger partial charge in [0.05, 0.1) is 0 Å². The summed E-state index contributed by atoms with van der Waals surface area (Å²) in [7, 11) is 0. The molecule has 0 unspecified atom stereocenters. The van der Waals surface area contributed by atoms with Gasteiger partial charge in [0.1, 0.15) is 11.7 Å². The molecule has 2 N–H and O–H groups in total. The van der Waals surface area contributed by atoms with Crippen molar-refractivity contribution in [3.05, 3.63) is 29.8 Å². The highest BCUT2D eigenvalue weighted by Crippen LogP contribution is 2.46. The number of nitrogens with one attached hydrogen (secondary N) is 1. The highest BCUT2D eigenvalue weighted by Gasteiger charge is 2.51. The number of hydrogen-bond donors (Lipinski definition) is 2. The van der Waals surface area contributed by atoms with Crippen molar-refractivity contribution in [1.82, 2.24) is 5.32 Å². The maximum absolute atomic E-state index is 11.9. The minimum atomic E-state index is -1.09. The van der Waals surface area contributed by atoms with Gasteiger partial charge in [-0.15, -0.1) is 0 Å². The second kappa shape index (κ2) is 3.48. The molecule has 5 heteroatoms. The van der Waals surface area contributed by atoms with Crippen LogP contribution in [-0.2, 0) is 9.59 Å². The van der Waals surface area contributed by atoms with E-state index in [0.29, 0.717) is 12.2 Å². The molecule has 94 valence electrons. The van der Waals surface area contributed by atoms with Crippen LogP contribution in [0.15, 0.2) is 24.3 Å². The third-order valence-corrected chi connectivity index (χ3v) is 3.60. The standard InChI is InChI=1S/C13H13NO4/c1-13-6-8(10(12(16)17)11(15)14-13)7-4-2-3-5-9(7)18-13/h2-5,8,10H,6H2,1H3,(H,14,15)(H,16,17)/t8-,10+,13+/m0/s1. The number of carboxylic acid groups (broad SMARTS) is 1. The van der Waals surface area contributed by atoms with E-state index in [1.807, 2.05) is 18.2 Å². The van der Waals surface area contributed by atoms with Gasteiger partial charge < -0.3 is 15.2 Å². The van der Waals surface area contributed by atoms with Gasteiger partial charge in [-0.3, -0.25) is 9.59 Å². The van der Waals surface area contributed by atoms with Crippen molar-refractivity contribution in [2.24, 2.45) is 5.92 Å². The lowest BCUT2D eigenvalue weighted by Gasteiger charge is -2.46. The fourth-order valence-corrected chi connectivity index (χ4v) is 2.87. The molecule has 3 rings (SSSR count). The first kappa shape index (κ1) is 11.1. The Morgan fingerprint density at radius 2 is 2.22 bits per heavy atom. The number of carbonyl (C=O) groups excluding carboxylic acids is 1. The zero-order valence-electron chi connectivity index (χ0n) is 9.84. The number of benzene rings is 1. The molecule has 1 saturated heterocycles. The Hall–Kier alpha value is -2.04. The van der Waals surface area contributed by atoms with Crippen LogP contribution in [0.3, 0.4) is 0 Å². The lowest BCUT2D eigenvalue weighted by molar-refractivity contribution is -0.156. The first-order chi connectivity index (χ1) is 8.50. The molecule has 0 aliphatic carbocycles. The van der Waals surface area contributed by atoms with Crippen molar-refractivity contribution in [3.8, 4) is 5.75 Å². The van der Waals surface area contributed by atoms with Gasteiger partial charge in [-0.25, -0.2) is 0 Å². The van der Waals surface area contributed by atoms with Gasteiger partial charge in [-0.05, 0) is 18.6 Å². The van der Waals surface area contributed by atoms with Gasteiger partial charge in [0, 0.05) is 12.3 Å². The quantitative estimate of drug-likeness (QED) is 0.729. The second-order valence-electron chi connectivity index (χ2n) is 4.99. The number of rotatable bonds is 1. The number of carbonyl (C=O) groups is 2. The molecule has 3 atom stereocenters. The number of piperidine rings is 1. The molecule has 1 fully saturated rings. The first-order valence-corrected chi connectivity index (χ1v) is 5.83. The van der Waals surface area contributed by atoms with Crippen molar-refractivity contribution >= 4 is 11.9 Å². The average Bonchev–Trinajstić information content (AvgIpc) is 2.26. The third kappa shape index (κ3) is 1.47. The van der Waals surface area contributed by atoms with E-state index in [1.165, 1.54) is 0 Å². The molecule has 0 spiro atoms. The molecule has 2 aliphatic rings. The molecule has 1 aromatic carbocycles. The molecule has 2 heterocycles. The number of hydrogen-bond acceptors (Lipinski definition) is 3. The minimum Gasteiger partial charge on any atom is -0.481 e. The molecule has 18 heavy (non-hydrogen) atoms. The van der Waals surface area contributed by atoms with Gasteiger partial charge in [0.2, 0.25) is 5.91 Å². The largest absolute Gasteiger partial charge is 0.481 e. The van der Waals surface area contributed by atoms with E-state index in [1.54, 1.807) is 13.0 Å². The topological polar surface area (TPSA) is 75.6 Å². The summed E-state index contributed by atoms with van der Waals surface area (Å²) in [5, 5.41) is 11.9. The lowest BCUT2D eigenvalue weighted by atomic mass is 9.75. The number of para-hydroxylation sites is 1. The zero-order valence-corrected chi connectivity index (χ0v) is 9.84. The predicted octanol–water partition coefficient (Wildman–Crippen LogP) is 1.10. The lowest BCUT2D eigenvalue weighted by Crippen LogP contribution is -2.61. The summed E-state index contributed by atoms with van der Waals surface area (Å²) in [5.74, 6) is -2.27. The summed E-state index contributed by atoms with van der Waals surface area (Å²) < 4.78 is 5.76. The maximum atomic E-state index is 11.9. The molecule has 0 saturated carbocycles.